The Bertz CT molecular complexity index is 502. The molecule has 0 amide bonds. The summed E-state index contributed by atoms with van der Waals surface area (Å²) in [6.45, 7) is 4.58. The number of aromatic nitrogens is 3. The molecular weight excluding hydrogens is 216 g/mol. The molecule has 0 aliphatic rings. The summed E-state index contributed by atoms with van der Waals surface area (Å²) in [6.07, 6.45) is 3.51. The van der Waals surface area contributed by atoms with Crippen LogP contribution < -0.4 is 5.73 Å². The number of hydrogen-bond acceptors (Lipinski definition) is 4. The number of aliphatic hydroxyl groups is 1. The number of nitrogens with two attached hydrogens (primary N) is 1. The van der Waals surface area contributed by atoms with Gasteiger partial charge in [0.25, 0.3) is 0 Å². The van der Waals surface area contributed by atoms with E-state index >= 15 is 0 Å². The van der Waals surface area contributed by atoms with Crippen LogP contribution in [0.3, 0.4) is 0 Å². The molecule has 0 aliphatic heterocycles. The van der Waals surface area contributed by atoms with Gasteiger partial charge in [-0.15, -0.1) is 0 Å². The Morgan fingerprint density at radius 1 is 1.47 bits per heavy atom. The first-order valence-electron chi connectivity index (χ1n) is 5.82. The Morgan fingerprint density at radius 2 is 2.24 bits per heavy atom. The minimum absolute atomic E-state index is 0.00532. The van der Waals surface area contributed by atoms with E-state index in [2.05, 4.69) is 23.9 Å². The largest absolute Gasteiger partial charge is 0.396 e. The number of hydrogen-bond donors (Lipinski definition) is 2. The highest BCUT2D eigenvalue weighted by Crippen LogP contribution is 2.21. The Labute approximate surface area is 100 Å². The standard InChI is InChI=1S/C12H18N4O/c1-8(2)10-5-11-12(9(6-13)7-17)14-3-4-16(11)15-10/h3-5,8-9,17H,6-7,13H2,1-2H3. The molecule has 2 aromatic heterocycles. The highest BCUT2D eigenvalue weighted by Gasteiger charge is 2.16. The first-order chi connectivity index (χ1) is 8.17. The van der Waals surface area contributed by atoms with Crippen molar-refractivity contribution < 1.29 is 5.11 Å². The van der Waals surface area contributed by atoms with Gasteiger partial charge in [-0.1, -0.05) is 13.8 Å². The van der Waals surface area contributed by atoms with Crippen molar-refractivity contribution in [3.63, 3.8) is 0 Å². The van der Waals surface area contributed by atoms with Gasteiger partial charge in [0.1, 0.15) is 0 Å². The summed E-state index contributed by atoms with van der Waals surface area (Å²) in [5, 5.41) is 13.8. The quantitative estimate of drug-likeness (QED) is 0.823. The molecule has 17 heavy (non-hydrogen) atoms. The summed E-state index contributed by atoms with van der Waals surface area (Å²) in [5.74, 6) is 0.239. The van der Waals surface area contributed by atoms with Crippen molar-refractivity contribution in [2.75, 3.05) is 13.2 Å². The molecule has 1 unspecified atom stereocenters. The minimum Gasteiger partial charge on any atom is -0.396 e. The van der Waals surface area contributed by atoms with Crippen LogP contribution in [0.25, 0.3) is 5.52 Å². The highest BCUT2D eigenvalue weighted by atomic mass is 16.3. The predicted octanol–water partition coefficient (Wildman–Crippen LogP) is 0.887. The first kappa shape index (κ1) is 12.0. The molecular formula is C12H18N4O. The summed E-state index contributed by atoms with van der Waals surface area (Å²) >= 11 is 0. The maximum Gasteiger partial charge on any atom is 0.0884 e. The van der Waals surface area contributed by atoms with Crippen LogP contribution in [0.4, 0.5) is 0 Å². The van der Waals surface area contributed by atoms with Crippen LogP contribution in [0.5, 0.6) is 0 Å². The molecule has 5 heteroatoms. The number of nitrogens with zero attached hydrogens (tertiary/aromatic N) is 3. The molecule has 2 heterocycles. The van der Waals surface area contributed by atoms with E-state index in [1.54, 1.807) is 10.7 Å². The van der Waals surface area contributed by atoms with Crippen molar-refractivity contribution in [3.8, 4) is 0 Å². The first-order valence-corrected chi connectivity index (χ1v) is 5.82. The number of rotatable bonds is 4. The topological polar surface area (TPSA) is 76.4 Å². The van der Waals surface area contributed by atoms with E-state index in [4.69, 9.17) is 5.73 Å². The Kier molecular flexibility index (Phi) is 3.40. The molecule has 0 spiro atoms. The second-order valence-corrected chi connectivity index (χ2v) is 4.48. The van der Waals surface area contributed by atoms with Gasteiger partial charge in [-0.3, -0.25) is 4.98 Å². The molecule has 5 nitrogen and oxygen atoms in total. The average molecular weight is 234 g/mol. The maximum atomic E-state index is 9.31. The van der Waals surface area contributed by atoms with E-state index in [1.807, 2.05) is 12.3 Å². The third-order valence-electron chi connectivity index (χ3n) is 2.92. The minimum atomic E-state index is -0.129. The fraction of sp³-hybridized carbons (Fsp3) is 0.500. The average Bonchev–Trinajstić information content (AvgIpc) is 2.75. The van der Waals surface area contributed by atoms with Gasteiger partial charge < -0.3 is 10.8 Å². The van der Waals surface area contributed by atoms with Crippen LogP contribution in [0.2, 0.25) is 0 Å². The smallest absolute Gasteiger partial charge is 0.0884 e. The third kappa shape index (κ3) is 2.16. The molecule has 0 saturated heterocycles. The van der Waals surface area contributed by atoms with Crippen LogP contribution in [-0.2, 0) is 0 Å². The molecule has 2 rings (SSSR count). The van der Waals surface area contributed by atoms with Gasteiger partial charge in [0.05, 0.1) is 23.5 Å². The van der Waals surface area contributed by atoms with E-state index in [9.17, 15) is 5.11 Å². The number of aliphatic hydroxyl groups excluding tert-OH is 1. The van der Waals surface area contributed by atoms with Gasteiger partial charge in [-0.2, -0.15) is 5.10 Å². The molecule has 0 fully saturated rings. The van der Waals surface area contributed by atoms with Crippen LogP contribution in [0, 0.1) is 0 Å². The van der Waals surface area contributed by atoms with Crippen molar-refractivity contribution in [2.45, 2.75) is 25.7 Å². The molecule has 0 aliphatic carbocycles. The zero-order valence-corrected chi connectivity index (χ0v) is 10.2. The van der Waals surface area contributed by atoms with Crippen molar-refractivity contribution in [1.29, 1.82) is 0 Å². The van der Waals surface area contributed by atoms with Crippen molar-refractivity contribution in [2.24, 2.45) is 5.73 Å². The molecule has 0 bridgehead atoms. The fourth-order valence-corrected chi connectivity index (χ4v) is 1.83. The summed E-state index contributed by atoms with van der Waals surface area (Å²) in [4.78, 5) is 4.32. The lowest BCUT2D eigenvalue weighted by atomic mass is 10.0. The lowest BCUT2D eigenvalue weighted by Gasteiger charge is -2.11. The second kappa shape index (κ2) is 4.81. The molecule has 1 atom stereocenters. The maximum absolute atomic E-state index is 9.31. The zero-order chi connectivity index (χ0) is 12.4. The van der Waals surface area contributed by atoms with Crippen molar-refractivity contribution >= 4 is 5.52 Å². The van der Waals surface area contributed by atoms with Crippen LogP contribution >= 0.6 is 0 Å². The molecule has 0 aromatic carbocycles. The van der Waals surface area contributed by atoms with E-state index in [-0.39, 0.29) is 12.5 Å². The van der Waals surface area contributed by atoms with E-state index < -0.39 is 0 Å². The molecule has 0 saturated carbocycles. The fourth-order valence-electron chi connectivity index (χ4n) is 1.83. The third-order valence-corrected chi connectivity index (χ3v) is 2.92. The second-order valence-electron chi connectivity index (χ2n) is 4.48. The Hall–Kier alpha value is -1.46. The van der Waals surface area contributed by atoms with Crippen LogP contribution in [-0.4, -0.2) is 32.9 Å². The molecule has 92 valence electrons. The van der Waals surface area contributed by atoms with Gasteiger partial charge in [0, 0.05) is 24.9 Å². The summed E-state index contributed by atoms with van der Waals surface area (Å²) in [5.41, 5.74) is 8.41. The molecule has 2 aromatic rings. The van der Waals surface area contributed by atoms with E-state index in [0.717, 1.165) is 16.9 Å². The summed E-state index contributed by atoms with van der Waals surface area (Å²) < 4.78 is 1.80. The van der Waals surface area contributed by atoms with Gasteiger partial charge in [0.2, 0.25) is 0 Å². The molecule has 3 N–H and O–H groups in total. The Balaban J connectivity index is 2.56. The molecule has 0 radical (unpaired) electrons. The monoisotopic (exact) mass is 234 g/mol. The summed E-state index contributed by atoms with van der Waals surface area (Å²) in [6, 6.07) is 2.02. The normalized spacial score (nSPS) is 13.5. The van der Waals surface area contributed by atoms with Crippen LogP contribution in [0.15, 0.2) is 18.5 Å². The SMILES string of the molecule is CC(C)c1cc2c(C(CN)CO)nccn2n1. The Morgan fingerprint density at radius 3 is 2.82 bits per heavy atom. The van der Waals surface area contributed by atoms with E-state index in [0.29, 0.717) is 12.5 Å². The lowest BCUT2D eigenvalue weighted by Crippen LogP contribution is -2.18. The lowest BCUT2D eigenvalue weighted by molar-refractivity contribution is 0.266. The van der Waals surface area contributed by atoms with Gasteiger partial charge >= 0.3 is 0 Å². The van der Waals surface area contributed by atoms with Gasteiger partial charge in [-0.05, 0) is 12.0 Å². The van der Waals surface area contributed by atoms with Gasteiger partial charge in [-0.25, -0.2) is 4.52 Å². The zero-order valence-electron chi connectivity index (χ0n) is 10.2. The summed E-state index contributed by atoms with van der Waals surface area (Å²) in [7, 11) is 0. The van der Waals surface area contributed by atoms with Gasteiger partial charge in [0.15, 0.2) is 0 Å². The van der Waals surface area contributed by atoms with Crippen molar-refractivity contribution in [1.82, 2.24) is 14.6 Å². The van der Waals surface area contributed by atoms with E-state index in [1.165, 1.54) is 0 Å². The predicted molar refractivity (Wildman–Crippen MR) is 66.0 cm³/mol. The highest BCUT2D eigenvalue weighted by molar-refractivity contribution is 5.54. The number of fused-ring (bicyclic) bond motifs is 1. The van der Waals surface area contributed by atoms with Crippen LogP contribution in [0.1, 0.15) is 37.1 Å². The van der Waals surface area contributed by atoms with Crippen molar-refractivity contribution in [3.05, 3.63) is 29.8 Å².